The summed E-state index contributed by atoms with van der Waals surface area (Å²) in [5.74, 6) is -0.898. The lowest BCUT2D eigenvalue weighted by Crippen LogP contribution is -2.28. The summed E-state index contributed by atoms with van der Waals surface area (Å²) in [6, 6.07) is 9.98. The number of ether oxygens (including phenoxy) is 1. The third kappa shape index (κ3) is 4.06. The first-order valence-electron chi connectivity index (χ1n) is 7.25. The largest absolute Gasteiger partial charge is 0.462 e. The maximum absolute atomic E-state index is 12.2. The number of amides is 1. The number of para-hydroxylation sites is 1. The van der Waals surface area contributed by atoms with Gasteiger partial charge in [-0.25, -0.2) is 4.79 Å². The fraction of sp³-hybridized carbons (Fsp3) is 0.235. The Morgan fingerprint density at radius 3 is 2.65 bits per heavy atom. The monoisotopic (exact) mass is 314 g/mol. The Morgan fingerprint density at radius 2 is 1.91 bits per heavy atom. The molecule has 1 aromatic carbocycles. The van der Waals surface area contributed by atoms with E-state index in [4.69, 9.17) is 4.74 Å². The SMILES string of the molecule is CCOC(=O)c1ccccc1NC(=O)Cn1cccc(C)c1=O. The van der Waals surface area contributed by atoms with E-state index in [0.29, 0.717) is 11.3 Å². The third-order valence-electron chi connectivity index (χ3n) is 3.22. The number of pyridine rings is 1. The molecule has 0 unspecified atom stereocenters. The first-order valence-corrected chi connectivity index (χ1v) is 7.25. The van der Waals surface area contributed by atoms with Crippen LogP contribution in [0.4, 0.5) is 5.69 Å². The number of esters is 1. The van der Waals surface area contributed by atoms with Crippen molar-refractivity contribution in [3.8, 4) is 0 Å². The summed E-state index contributed by atoms with van der Waals surface area (Å²) in [6.45, 7) is 3.52. The molecule has 2 aromatic rings. The van der Waals surface area contributed by atoms with Crippen LogP contribution in [0.15, 0.2) is 47.4 Å². The number of aromatic nitrogens is 1. The lowest BCUT2D eigenvalue weighted by molar-refractivity contribution is -0.116. The second-order valence-corrected chi connectivity index (χ2v) is 4.94. The lowest BCUT2D eigenvalue weighted by Gasteiger charge is -2.11. The molecule has 1 amide bonds. The number of nitrogens with zero attached hydrogens (tertiary/aromatic N) is 1. The summed E-state index contributed by atoms with van der Waals surface area (Å²) in [5.41, 5.74) is 0.976. The van der Waals surface area contributed by atoms with Gasteiger partial charge >= 0.3 is 5.97 Å². The Balaban J connectivity index is 2.16. The molecule has 1 N–H and O–H groups in total. The van der Waals surface area contributed by atoms with E-state index in [0.717, 1.165) is 0 Å². The quantitative estimate of drug-likeness (QED) is 0.856. The van der Waals surface area contributed by atoms with Crippen molar-refractivity contribution in [3.63, 3.8) is 0 Å². The number of anilines is 1. The lowest BCUT2D eigenvalue weighted by atomic mass is 10.2. The number of rotatable bonds is 5. The predicted molar refractivity (Wildman–Crippen MR) is 86.5 cm³/mol. The van der Waals surface area contributed by atoms with Gasteiger partial charge in [0.1, 0.15) is 6.54 Å². The van der Waals surface area contributed by atoms with E-state index in [1.54, 1.807) is 56.4 Å². The van der Waals surface area contributed by atoms with E-state index in [1.807, 2.05) is 0 Å². The van der Waals surface area contributed by atoms with E-state index < -0.39 is 11.9 Å². The second-order valence-electron chi connectivity index (χ2n) is 4.94. The van der Waals surface area contributed by atoms with Gasteiger partial charge in [-0.1, -0.05) is 18.2 Å². The molecule has 1 heterocycles. The second kappa shape index (κ2) is 7.40. The Morgan fingerprint density at radius 1 is 1.17 bits per heavy atom. The van der Waals surface area contributed by atoms with Crippen molar-refractivity contribution < 1.29 is 14.3 Å². The molecule has 6 heteroatoms. The van der Waals surface area contributed by atoms with Gasteiger partial charge in [0.2, 0.25) is 5.91 Å². The molecule has 0 aliphatic rings. The Kier molecular flexibility index (Phi) is 5.30. The number of benzene rings is 1. The van der Waals surface area contributed by atoms with Crippen LogP contribution in [0.5, 0.6) is 0 Å². The molecule has 6 nitrogen and oxygen atoms in total. The molecule has 0 aliphatic carbocycles. The normalized spacial score (nSPS) is 10.2. The number of hydrogen-bond donors (Lipinski definition) is 1. The highest BCUT2D eigenvalue weighted by Gasteiger charge is 2.14. The summed E-state index contributed by atoms with van der Waals surface area (Å²) in [4.78, 5) is 36.0. The van der Waals surface area contributed by atoms with Gasteiger partial charge in [0.15, 0.2) is 0 Å². The highest BCUT2D eigenvalue weighted by atomic mass is 16.5. The molecule has 0 fully saturated rings. The topological polar surface area (TPSA) is 77.4 Å². The van der Waals surface area contributed by atoms with Gasteiger partial charge in [-0.3, -0.25) is 9.59 Å². The van der Waals surface area contributed by atoms with Gasteiger partial charge < -0.3 is 14.6 Å². The maximum Gasteiger partial charge on any atom is 0.340 e. The van der Waals surface area contributed by atoms with Gasteiger partial charge in [0, 0.05) is 11.8 Å². The van der Waals surface area contributed by atoms with Crippen LogP contribution in [0, 0.1) is 6.92 Å². The zero-order valence-corrected chi connectivity index (χ0v) is 13.0. The first kappa shape index (κ1) is 16.5. The van der Waals surface area contributed by atoms with Crippen molar-refractivity contribution in [2.45, 2.75) is 20.4 Å². The smallest absolute Gasteiger partial charge is 0.340 e. The molecule has 0 atom stereocenters. The van der Waals surface area contributed by atoms with Crippen LogP contribution in [-0.2, 0) is 16.1 Å². The summed E-state index contributed by atoms with van der Waals surface area (Å²) < 4.78 is 6.27. The van der Waals surface area contributed by atoms with E-state index in [9.17, 15) is 14.4 Å². The zero-order valence-electron chi connectivity index (χ0n) is 13.0. The first-order chi connectivity index (χ1) is 11.0. The average Bonchev–Trinajstić information content (AvgIpc) is 2.52. The minimum absolute atomic E-state index is 0.127. The molecule has 0 radical (unpaired) electrons. The molecular formula is C17H18N2O4. The molecular weight excluding hydrogens is 296 g/mol. The van der Waals surface area contributed by atoms with Crippen LogP contribution < -0.4 is 10.9 Å². The summed E-state index contributed by atoms with van der Waals surface area (Å²) >= 11 is 0. The molecule has 0 bridgehead atoms. The molecule has 2 rings (SSSR count). The molecule has 0 aliphatic heterocycles. The minimum atomic E-state index is -0.504. The Hall–Kier alpha value is -2.89. The van der Waals surface area contributed by atoms with Crippen molar-refractivity contribution in [2.24, 2.45) is 0 Å². The van der Waals surface area contributed by atoms with Crippen LogP contribution in [0.1, 0.15) is 22.8 Å². The van der Waals surface area contributed by atoms with Crippen molar-refractivity contribution in [1.82, 2.24) is 4.57 Å². The molecule has 0 spiro atoms. The zero-order chi connectivity index (χ0) is 16.8. The van der Waals surface area contributed by atoms with Gasteiger partial charge in [-0.05, 0) is 32.0 Å². The van der Waals surface area contributed by atoms with E-state index >= 15 is 0 Å². The van der Waals surface area contributed by atoms with E-state index in [-0.39, 0.29) is 24.3 Å². The standard InChI is InChI=1S/C17H18N2O4/c1-3-23-17(22)13-8-4-5-9-14(13)18-15(20)11-19-10-6-7-12(2)16(19)21/h4-10H,3,11H2,1-2H3,(H,18,20). The van der Waals surface area contributed by atoms with Crippen molar-refractivity contribution in [3.05, 3.63) is 64.1 Å². The van der Waals surface area contributed by atoms with Crippen molar-refractivity contribution in [2.75, 3.05) is 11.9 Å². The van der Waals surface area contributed by atoms with Crippen molar-refractivity contribution in [1.29, 1.82) is 0 Å². The fourth-order valence-corrected chi connectivity index (χ4v) is 2.10. The molecule has 0 saturated heterocycles. The van der Waals surface area contributed by atoms with Crippen LogP contribution >= 0.6 is 0 Å². The summed E-state index contributed by atoms with van der Waals surface area (Å²) in [7, 11) is 0. The summed E-state index contributed by atoms with van der Waals surface area (Å²) in [6.07, 6.45) is 1.55. The van der Waals surface area contributed by atoms with Gasteiger partial charge in [-0.15, -0.1) is 0 Å². The minimum Gasteiger partial charge on any atom is -0.462 e. The highest BCUT2D eigenvalue weighted by Crippen LogP contribution is 2.16. The number of nitrogens with one attached hydrogen (secondary N) is 1. The molecule has 120 valence electrons. The predicted octanol–water partition coefficient (Wildman–Crippen LogP) is 1.97. The fourth-order valence-electron chi connectivity index (χ4n) is 2.10. The highest BCUT2D eigenvalue weighted by molar-refractivity contribution is 6.01. The van der Waals surface area contributed by atoms with Gasteiger partial charge in [0.05, 0.1) is 17.9 Å². The van der Waals surface area contributed by atoms with Crippen LogP contribution in [0.3, 0.4) is 0 Å². The van der Waals surface area contributed by atoms with Crippen molar-refractivity contribution >= 4 is 17.6 Å². The molecule has 0 saturated carbocycles. The van der Waals surface area contributed by atoms with E-state index in [1.165, 1.54) is 4.57 Å². The number of aryl methyl sites for hydroxylation is 1. The summed E-state index contributed by atoms with van der Waals surface area (Å²) in [5, 5.41) is 2.65. The van der Waals surface area contributed by atoms with Gasteiger partial charge in [-0.2, -0.15) is 0 Å². The number of carbonyl (C=O) groups is 2. The third-order valence-corrected chi connectivity index (χ3v) is 3.22. The Labute approximate surface area is 133 Å². The van der Waals surface area contributed by atoms with Gasteiger partial charge in [0.25, 0.3) is 5.56 Å². The number of hydrogen-bond acceptors (Lipinski definition) is 4. The molecule has 1 aromatic heterocycles. The van der Waals surface area contributed by atoms with Crippen LogP contribution in [-0.4, -0.2) is 23.1 Å². The maximum atomic E-state index is 12.2. The Bertz CT molecular complexity index is 780. The van der Waals surface area contributed by atoms with Crippen LogP contribution in [0.2, 0.25) is 0 Å². The molecule has 23 heavy (non-hydrogen) atoms. The van der Waals surface area contributed by atoms with E-state index in [2.05, 4.69) is 5.32 Å². The number of carbonyl (C=O) groups excluding carboxylic acids is 2. The van der Waals surface area contributed by atoms with Crippen LogP contribution in [0.25, 0.3) is 0 Å². The average molecular weight is 314 g/mol.